The standard InChI is InChI=1S/C18H25N/c1-12-4-2-5-13(8-12)10-18(19)11-14-9-17(18)16-7-3-6-15(14)16/h2,4-5,8,14-17H,3,6-7,9-11,19H2,1H3. The second-order valence-corrected chi connectivity index (χ2v) is 7.46. The van der Waals surface area contributed by atoms with Gasteiger partial charge < -0.3 is 5.73 Å². The van der Waals surface area contributed by atoms with Crippen LogP contribution in [0, 0.1) is 30.6 Å². The molecule has 102 valence electrons. The minimum Gasteiger partial charge on any atom is -0.325 e. The maximum Gasteiger partial charge on any atom is 0.0229 e. The van der Waals surface area contributed by atoms with Crippen LogP contribution in [0.25, 0.3) is 0 Å². The topological polar surface area (TPSA) is 26.0 Å². The van der Waals surface area contributed by atoms with E-state index in [9.17, 15) is 0 Å². The Morgan fingerprint density at radius 2 is 2.11 bits per heavy atom. The van der Waals surface area contributed by atoms with Crippen LogP contribution >= 0.6 is 0 Å². The zero-order valence-corrected chi connectivity index (χ0v) is 11.9. The van der Waals surface area contributed by atoms with E-state index in [-0.39, 0.29) is 5.54 Å². The van der Waals surface area contributed by atoms with Crippen LogP contribution in [-0.4, -0.2) is 5.54 Å². The lowest BCUT2D eigenvalue weighted by atomic mass is 9.69. The summed E-state index contributed by atoms with van der Waals surface area (Å²) >= 11 is 0. The molecule has 0 spiro atoms. The van der Waals surface area contributed by atoms with Gasteiger partial charge in [0, 0.05) is 5.54 Å². The van der Waals surface area contributed by atoms with Gasteiger partial charge in [0.05, 0.1) is 0 Å². The third kappa shape index (κ3) is 1.78. The highest BCUT2D eigenvalue weighted by Gasteiger charge is 2.58. The Hall–Kier alpha value is -0.820. The van der Waals surface area contributed by atoms with Crippen molar-refractivity contribution in [2.75, 3.05) is 0 Å². The van der Waals surface area contributed by atoms with Gasteiger partial charge in [-0.15, -0.1) is 0 Å². The van der Waals surface area contributed by atoms with Crippen LogP contribution in [0.5, 0.6) is 0 Å². The Kier molecular flexibility index (Phi) is 2.57. The summed E-state index contributed by atoms with van der Waals surface area (Å²) in [6.07, 6.45) is 8.22. The third-order valence-electron chi connectivity index (χ3n) is 6.30. The zero-order valence-electron chi connectivity index (χ0n) is 11.9. The van der Waals surface area contributed by atoms with Crippen LogP contribution in [0.4, 0.5) is 0 Å². The first-order chi connectivity index (χ1) is 9.16. The molecule has 1 nitrogen and oxygen atoms in total. The first-order valence-corrected chi connectivity index (χ1v) is 8.00. The summed E-state index contributed by atoms with van der Waals surface area (Å²) in [5.74, 6) is 3.77. The fourth-order valence-corrected chi connectivity index (χ4v) is 5.72. The van der Waals surface area contributed by atoms with E-state index >= 15 is 0 Å². The van der Waals surface area contributed by atoms with E-state index in [0.29, 0.717) is 0 Å². The molecule has 0 saturated heterocycles. The van der Waals surface area contributed by atoms with Crippen molar-refractivity contribution in [2.45, 2.75) is 51.0 Å². The molecule has 0 aliphatic heterocycles. The van der Waals surface area contributed by atoms with E-state index in [1.54, 1.807) is 0 Å². The molecule has 2 bridgehead atoms. The van der Waals surface area contributed by atoms with E-state index < -0.39 is 0 Å². The number of aryl methyl sites for hydroxylation is 1. The zero-order chi connectivity index (χ0) is 13.0. The van der Waals surface area contributed by atoms with Gasteiger partial charge in [0.15, 0.2) is 0 Å². The van der Waals surface area contributed by atoms with E-state index in [4.69, 9.17) is 5.73 Å². The van der Waals surface area contributed by atoms with Crippen LogP contribution in [0.1, 0.15) is 43.2 Å². The van der Waals surface area contributed by atoms with Crippen molar-refractivity contribution < 1.29 is 0 Å². The maximum atomic E-state index is 6.88. The molecule has 0 heterocycles. The van der Waals surface area contributed by atoms with Gasteiger partial charge >= 0.3 is 0 Å². The molecule has 3 aliphatic rings. The van der Waals surface area contributed by atoms with Crippen LogP contribution in [0.15, 0.2) is 24.3 Å². The molecule has 0 aromatic heterocycles. The summed E-state index contributed by atoms with van der Waals surface area (Å²) in [5, 5.41) is 0. The maximum absolute atomic E-state index is 6.88. The summed E-state index contributed by atoms with van der Waals surface area (Å²) in [6, 6.07) is 8.95. The molecule has 3 aliphatic carbocycles. The Morgan fingerprint density at radius 3 is 2.95 bits per heavy atom. The lowest BCUT2D eigenvalue weighted by Crippen LogP contribution is -2.50. The fourth-order valence-electron chi connectivity index (χ4n) is 5.72. The number of fused-ring (bicyclic) bond motifs is 5. The first kappa shape index (κ1) is 12.0. The van der Waals surface area contributed by atoms with Crippen molar-refractivity contribution in [1.82, 2.24) is 0 Å². The van der Waals surface area contributed by atoms with Gasteiger partial charge in [0.2, 0.25) is 0 Å². The molecule has 0 radical (unpaired) electrons. The van der Waals surface area contributed by atoms with Crippen molar-refractivity contribution in [3.8, 4) is 0 Å². The monoisotopic (exact) mass is 255 g/mol. The number of hydrogen-bond donors (Lipinski definition) is 1. The number of hydrogen-bond acceptors (Lipinski definition) is 1. The van der Waals surface area contributed by atoms with E-state index in [2.05, 4.69) is 31.2 Å². The summed E-state index contributed by atoms with van der Waals surface area (Å²) in [7, 11) is 0. The lowest BCUT2D eigenvalue weighted by molar-refractivity contribution is 0.156. The molecule has 5 atom stereocenters. The molecule has 4 rings (SSSR count). The normalized spacial score (nSPS) is 43.7. The average molecular weight is 255 g/mol. The second-order valence-electron chi connectivity index (χ2n) is 7.46. The predicted molar refractivity (Wildman–Crippen MR) is 78.8 cm³/mol. The molecule has 1 heteroatoms. The molecule has 2 N–H and O–H groups in total. The fraction of sp³-hybridized carbons (Fsp3) is 0.667. The van der Waals surface area contributed by atoms with Gasteiger partial charge in [-0.3, -0.25) is 0 Å². The highest BCUT2D eigenvalue weighted by atomic mass is 14.8. The highest BCUT2D eigenvalue weighted by Crippen LogP contribution is 2.62. The molecule has 1 aromatic carbocycles. The Labute approximate surface area is 116 Å². The predicted octanol–water partition coefficient (Wildman–Crippen LogP) is 3.69. The molecule has 3 saturated carbocycles. The molecular formula is C18H25N. The van der Waals surface area contributed by atoms with E-state index in [1.165, 1.54) is 43.2 Å². The Morgan fingerprint density at radius 1 is 1.26 bits per heavy atom. The summed E-state index contributed by atoms with van der Waals surface area (Å²) in [6.45, 7) is 2.18. The van der Waals surface area contributed by atoms with Gasteiger partial charge in [0.1, 0.15) is 0 Å². The Bertz CT molecular complexity index is 494. The largest absolute Gasteiger partial charge is 0.325 e. The van der Waals surface area contributed by atoms with Crippen LogP contribution < -0.4 is 5.73 Å². The third-order valence-corrected chi connectivity index (χ3v) is 6.30. The van der Waals surface area contributed by atoms with Crippen LogP contribution in [0.3, 0.4) is 0 Å². The average Bonchev–Trinajstić information content (AvgIpc) is 2.99. The van der Waals surface area contributed by atoms with Gasteiger partial charge in [-0.2, -0.15) is 0 Å². The number of nitrogens with two attached hydrogens (primary N) is 1. The SMILES string of the molecule is Cc1cccc(CC2(N)CC3CC2C2CCCC32)c1. The minimum absolute atomic E-state index is 0.101. The van der Waals surface area contributed by atoms with E-state index in [0.717, 1.165) is 30.1 Å². The van der Waals surface area contributed by atoms with Crippen LogP contribution in [-0.2, 0) is 6.42 Å². The quantitative estimate of drug-likeness (QED) is 0.857. The first-order valence-electron chi connectivity index (χ1n) is 8.00. The number of benzene rings is 1. The summed E-state index contributed by atoms with van der Waals surface area (Å²) < 4.78 is 0. The van der Waals surface area contributed by atoms with Crippen LogP contribution in [0.2, 0.25) is 0 Å². The van der Waals surface area contributed by atoms with Gasteiger partial charge in [-0.05, 0) is 68.3 Å². The van der Waals surface area contributed by atoms with Gasteiger partial charge in [-0.25, -0.2) is 0 Å². The molecule has 0 amide bonds. The number of rotatable bonds is 2. The van der Waals surface area contributed by atoms with Crippen molar-refractivity contribution in [3.63, 3.8) is 0 Å². The summed E-state index contributed by atoms with van der Waals surface area (Å²) in [4.78, 5) is 0. The van der Waals surface area contributed by atoms with Gasteiger partial charge in [0.25, 0.3) is 0 Å². The minimum atomic E-state index is 0.101. The highest BCUT2D eigenvalue weighted by molar-refractivity contribution is 5.26. The van der Waals surface area contributed by atoms with Gasteiger partial charge in [-0.1, -0.05) is 36.2 Å². The molecule has 3 fully saturated rings. The van der Waals surface area contributed by atoms with E-state index in [1.807, 2.05) is 0 Å². The molecule has 5 unspecified atom stereocenters. The van der Waals surface area contributed by atoms with Crippen molar-refractivity contribution in [1.29, 1.82) is 0 Å². The Balaban J connectivity index is 1.58. The second kappa shape index (κ2) is 4.09. The van der Waals surface area contributed by atoms with Crippen molar-refractivity contribution in [2.24, 2.45) is 29.4 Å². The smallest absolute Gasteiger partial charge is 0.0229 e. The summed E-state index contributed by atoms with van der Waals surface area (Å²) in [5.41, 5.74) is 9.80. The molecular weight excluding hydrogens is 230 g/mol. The van der Waals surface area contributed by atoms with Crippen molar-refractivity contribution in [3.05, 3.63) is 35.4 Å². The van der Waals surface area contributed by atoms with Crippen molar-refractivity contribution >= 4 is 0 Å². The lowest BCUT2D eigenvalue weighted by Gasteiger charge is -2.40. The molecule has 1 aromatic rings. The molecule has 19 heavy (non-hydrogen) atoms.